The molecule has 6 heteroatoms. The van der Waals surface area contributed by atoms with Crippen molar-refractivity contribution >= 4 is 17.5 Å². The first-order valence-corrected chi connectivity index (χ1v) is 8.32. The van der Waals surface area contributed by atoms with Gasteiger partial charge in [0.1, 0.15) is 5.75 Å². The van der Waals surface area contributed by atoms with Gasteiger partial charge in [0.25, 0.3) is 5.91 Å². The van der Waals surface area contributed by atoms with E-state index in [-0.39, 0.29) is 5.91 Å². The van der Waals surface area contributed by atoms with Crippen LogP contribution in [0.2, 0.25) is 5.02 Å². The lowest BCUT2D eigenvalue weighted by molar-refractivity contribution is -0.127. The summed E-state index contributed by atoms with van der Waals surface area (Å²) in [4.78, 5) is 12.1. The number of rotatable bonds is 8. The Labute approximate surface area is 152 Å². The zero-order chi connectivity index (χ0) is 18.2. The molecule has 0 aliphatic rings. The van der Waals surface area contributed by atoms with Crippen molar-refractivity contribution in [2.45, 2.75) is 19.4 Å². The third-order valence-electron chi connectivity index (χ3n) is 3.67. The minimum absolute atomic E-state index is 0.194. The zero-order valence-electron chi connectivity index (χ0n) is 14.5. The Bertz CT molecular complexity index is 720. The average Bonchev–Trinajstić information content (AvgIpc) is 2.63. The number of amides is 1. The van der Waals surface area contributed by atoms with Crippen molar-refractivity contribution in [2.75, 3.05) is 20.8 Å². The molecule has 0 saturated carbocycles. The summed E-state index contributed by atoms with van der Waals surface area (Å²) in [5, 5.41) is 3.34. The summed E-state index contributed by atoms with van der Waals surface area (Å²) in [6.45, 7) is 2.18. The maximum absolute atomic E-state index is 12.1. The number of halogens is 1. The van der Waals surface area contributed by atoms with E-state index in [0.717, 1.165) is 5.56 Å². The van der Waals surface area contributed by atoms with Crippen LogP contribution in [-0.4, -0.2) is 32.8 Å². The van der Waals surface area contributed by atoms with Crippen LogP contribution in [0.25, 0.3) is 0 Å². The molecule has 5 nitrogen and oxygen atoms in total. The molecule has 1 amide bonds. The van der Waals surface area contributed by atoms with E-state index >= 15 is 0 Å². The fourth-order valence-corrected chi connectivity index (χ4v) is 2.47. The molecule has 0 spiro atoms. The molecule has 0 radical (unpaired) electrons. The van der Waals surface area contributed by atoms with Crippen LogP contribution >= 0.6 is 11.6 Å². The Hall–Kier alpha value is -2.40. The van der Waals surface area contributed by atoms with Crippen LogP contribution in [-0.2, 0) is 11.2 Å². The summed E-state index contributed by atoms with van der Waals surface area (Å²) < 4.78 is 16.1. The van der Waals surface area contributed by atoms with E-state index in [2.05, 4.69) is 5.32 Å². The van der Waals surface area contributed by atoms with Gasteiger partial charge in [-0.1, -0.05) is 29.8 Å². The fraction of sp³-hybridized carbons (Fsp3) is 0.316. The maximum Gasteiger partial charge on any atom is 0.260 e. The number of para-hydroxylation sites is 1. The third-order valence-corrected chi connectivity index (χ3v) is 3.98. The zero-order valence-corrected chi connectivity index (χ0v) is 15.3. The summed E-state index contributed by atoms with van der Waals surface area (Å²) >= 11 is 6.03. The van der Waals surface area contributed by atoms with Gasteiger partial charge in [0, 0.05) is 6.54 Å². The van der Waals surface area contributed by atoms with Crippen molar-refractivity contribution in [1.82, 2.24) is 5.32 Å². The topological polar surface area (TPSA) is 56.8 Å². The van der Waals surface area contributed by atoms with E-state index in [1.807, 2.05) is 30.3 Å². The fourth-order valence-electron chi connectivity index (χ4n) is 2.29. The lowest BCUT2D eigenvalue weighted by Gasteiger charge is -2.15. The Kier molecular flexibility index (Phi) is 6.95. The van der Waals surface area contributed by atoms with E-state index in [0.29, 0.717) is 35.2 Å². The number of hydrogen-bond donors (Lipinski definition) is 1. The molecule has 0 unspecified atom stereocenters. The molecular weight excluding hydrogens is 342 g/mol. The number of methoxy groups -OCH3 is 2. The third kappa shape index (κ3) is 5.29. The van der Waals surface area contributed by atoms with Crippen molar-refractivity contribution < 1.29 is 19.0 Å². The van der Waals surface area contributed by atoms with E-state index < -0.39 is 6.10 Å². The first-order valence-electron chi connectivity index (χ1n) is 7.95. The molecule has 0 fully saturated rings. The molecule has 0 heterocycles. The first-order chi connectivity index (χ1) is 12.0. The van der Waals surface area contributed by atoms with E-state index in [1.54, 1.807) is 33.3 Å². The molecule has 1 atom stereocenters. The van der Waals surface area contributed by atoms with Gasteiger partial charge in [-0.2, -0.15) is 0 Å². The molecule has 134 valence electrons. The van der Waals surface area contributed by atoms with Crippen LogP contribution in [0, 0.1) is 0 Å². The van der Waals surface area contributed by atoms with Crippen molar-refractivity contribution in [3.05, 3.63) is 53.1 Å². The highest BCUT2D eigenvalue weighted by molar-refractivity contribution is 6.32. The van der Waals surface area contributed by atoms with Gasteiger partial charge in [0.05, 0.1) is 19.2 Å². The Morgan fingerprint density at radius 1 is 1.08 bits per heavy atom. The Morgan fingerprint density at radius 3 is 2.48 bits per heavy atom. The second kappa shape index (κ2) is 9.18. The largest absolute Gasteiger partial charge is 0.493 e. The highest BCUT2D eigenvalue weighted by Crippen LogP contribution is 2.27. The molecular formula is C19H22ClNO4. The van der Waals surface area contributed by atoms with Crippen LogP contribution in [0.5, 0.6) is 17.2 Å². The van der Waals surface area contributed by atoms with Crippen molar-refractivity contribution in [2.24, 2.45) is 0 Å². The summed E-state index contributed by atoms with van der Waals surface area (Å²) in [6.07, 6.45) is 0.0376. The highest BCUT2D eigenvalue weighted by atomic mass is 35.5. The summed E-state index contributed by atoms with van der Waals surface area (Å²) in [6, 6.07) is 12.8. The van der Waals surface area contributed by atoms with E-state index in [1.165, 1.54) is 0 Å². The molecule has 1 N–H and O–H groups in total. The van der Waals surface area contributed by atoms with E-state index in [9.17, 15) is 4.79 Å². The first kappa shape index (κ1) is 18.9. The lowest BCUT2D eigenvalue weighted by Crippen LogP contribution is -2.37. The number of carbonyl (C=O) groups excluding carboxylic acids is 1. The van der Waals surface area contributed by atoms with Crippen LogP contribution in [0.15, 0.2) is 42.5 Å². The van der Waals surface area contributed by atoms with Gasteiger partial charge < -0.3 is 19.5 Å². The molecule has 25 heavy (non-hydrogen) atoms. The average molecular weight is 364 g/mol. The van der Waals surface area contributed by atoms with Gasteiger partial charge in [0.15, 0.2) is 17.6 Å². The molecule has 0 aliphatic heterocycles. The van der Waals surface area contributed by atoms with Gasteiger partial charge in [0.2, 0.25) is 0 Å². The normalized spacial score (nSPS) is 11.5. The molecule has 2 aromatic rings. The van der Waals surface area contributed by atoms with Crippen molar-refractivity contribution in [1.29, 1.82) is 0 Å². The number of hydrogen-bond acceptors (Lipinski definition) is 4. The van der Waals surface area contributed by atoms with Gasteiger partial charge in [-0.3, -0.25) is 4.79 Å². The Balaban J connectivity index is 1.84. The molecule has 0 saturated heterocycles. The maximum atomic E-state index is 12.1. The van der Waals surface area contributed by atoms with Gasteiger partial charge in [-0.25, -0.2) is 0 Å². The monoisotopic (exact) mass is 363 g/mol. The quantitative estimate of drug-likeness (QED) is 0.780. The molecule has 0 aliphatic carbocycles. The Morgan fingerprint density at radius 2 is 1.80 bits per heavy atom. The van der Waals surface area contributed by atoms with Gasteiger partial charge in [-0.05, 0) is 43.2 Å². The number of carbonyl (C=O) groups is 1. The van der Waals surface area contributed by atoms with Crippen LogP contribution in [0.4, 0.5) is 0 Å². The van der Waals surface area contributed by atoms with Crippen LogP contribution < -0.4 is 19.5 Å². The predicted octanol–water partition coefficient (Wildman–Crippen LogP) is 3.48. The summed E-state index contributed by atoms with van der Waals surface area (Å²) in [5.41, 5.74) is 1.04. The van der Waals surface area contributed by atoms with E-state index in [4.69, 9.17) is 25.8 Å². The van der Waals surface area contributed by atoms with Gasteiger partial charge >= 0.3 is 0 Å². The predicted molar refractivity (Wildman–Crippen MR) is 97.8 cm³/mol. The molecule has 0 aromatic heterocycles. The summed E-state index contributed by atoms with van der Waals surface area (Å²) in [7, 11) is 3.19. The van der Waals surface area contributed by atoms with Crippen LogP contribution in [0.1, 0.15) is 12.5 Å². The standard InChI is InChI=1S/C19H22ClNO4/c1-13(25-16-7-5-4-6-15(16)20)19(22)21-11-10-14-8-9-17(23-2)18(12-14)24-3/h4-9,12-13H,10-11H2,1-3H3,(H,21,22)/t13-/m0/s1. The second-order valence-electron chi connectivity index (χ2n) is 5.42. The number of ether oxygens (including phenoxy) is 3. The summed E-state index contributed by atoms with van der Waals surface area (Å²) in [5.74, 6) is 1.64. The molecule has 2 aromatic carbocycles. The minimum Gasteiger partial charge on any atom is -0.493 e. The van der Waals surface area contributed by atoms with Crippen LogP contribution in [0.3, 0.4) is 0 Å². The molecule has 2 rings (SSSR count). The second-order valence-corrected chi connectivity index (χ2v) is 5.83. The minimum atomic E-state index is -0.634. The van der Waals surface area contributed by atoms with Gasteiger partial charge in [-0.15, -0.1) is 0 Å². The SMILES string of the molecule is COc1ccc(CCNC(=O)[C@H](C)Oc2ccccc2Cl)cc1OC. The van der Waals surface area contributed by atoms with Crippen molar-refractivity contribution in [3.63, 3.8) is 0 Å². The van der Waals surface area contributed by atoms with Crippen molar-refractivity contribution in [3.8, 4) is 17.2 Å². The highest BCUT2D eigenvalue weighted by Gasteiger charge is 2.15. The number of nitrogens with one attached hydrogen (secondary N) is 1. The molecule has 0 bridgehead atoms. The lowest BCUT2D eigenvalue weighted by atomic mass is 10.1. The smallest absolute Gasteiger partial charge is 0.260 e. The number of benzene rings is 2.